The molecule has 2 unspecified atom stereocenters. The van der Waals surface area contributed by atoms with Gasteiger partial charge in [-0.05, 0) is 44.2 Å². The van der Waals surface area contributed by atoms with Gasteiger partial charge in [-0.2, -0.15) is 0 Å². The molecule has 1 aromatic carbocycles. The van der Waals surface area contributed by atoms with E-state index in [1.54, 1.807) is 0 Å². The van der Waals surface area contributed by atoms with Crippen molar-refractivity contribution in [2.45, 2.75) is 57.8 Å². The maximum absolute atomic E-state index is 6.33. The molecule has 94 valence electrons. The summed E-state index contributed by atoms with van der Waals surface area (Å²) in [5.74, 6) is 0. The summed E-state index contributed by atoms with van der Waals surface area (Å²) in [6.07, 6.45) is 3.27. The Morgan fingerprint density at radius 2 is 2.06 bits per heavy atom. The number of hydrogen-bond donors (Lipinski definition) is 1. The fourth-order valence-corrected chi connectivity index (χ4v) is 2.39. The second-order valence-corrected chi connectivity index (χ2v) is 5.53. The minimum absolute atomic E-state index is 0.0192. The molecule has 2 nitrogen and oxygen atoms in total. The smallest absolute Gasteiger partial charge is 0.0778 e. The molecule has 2 heteroatoms. The third kappa shape index (κ3) is 2.70. The maximum atomic E-state index is 6.33. The fourth-order valence-electron chi connectivity index (χ4n) is 2.39. The van der Waals surface area contributed by atoms with E-state index in [4.69, 9.17) is 10.5 Å². The van der Waals surface area contributed by atoms with Crippen LogP contribution in [0, 0.1) is 0 Å². The Hall–Kier alpha value is -0.860. The first-order valence-corrected chi connectivity index (χ1v) is 6.54. The van der Waals surface area contributed by atoms with Gasteiger partial charge in [0.25, 0.3) is 0 Å². The zero-order chi connectivity index (χ0) is 12.5. The summed E-state index contributed by atoms with van der Waals surface area (Å²) in [5.41, 5.74) is 8.90. The molecule has 2 atom stereocenters. The summed E-state index contributed by atoms with van der Waals surface area (Å²) in [5, 5.41) is 0. The van der Waals surface area contributed by atoms with Crippen molar-refractivity contribution in [3.05, 3.63) is 35.4 Å². The van der Waals surface area contributed by atoms with Crippen LogP contribution >= 0.6 is 0 Å². The Bertz CT molecular complexity index is 386. The van der Waals surface area contributed by atoms with Crippen LogP contribution in [0.5, 0.6) is 0 Å². The highest BCUT2D eigenvalue weighted by molar-refractivity contribution is 5.33. The number of ether oxygens (including phenoxy) is 1. The van der Waals surface area contributed by atoms with E-state index >= 15 is 0 Å². The van der Waals surface area contributed by atoms with E-state index in [-0.39, 0.29) is 17.7 Å². The van der Waals surface area contributed by atoms with E-state index in [0.29, 0.717) is 0 Å². The average molecular weight is 233 g/mol. The molecule has 1 aliphatic rings. The SMILES string of the molecule is CCC(C)(C)OC1CCc2ccccc2C1N. The lowest BCUT2D eigenvalue weighted by Gasteiger charge is -2.37. The van der Waals surface area contributed by atoms with Gasteiger partial charge < -0.3 is 10.5 Å². The molecule has 0 radical (unpaired) electrons. The summed E-state index contributed by atoms with van der Waals surface area (Å²) in [4.78, 5) is 0. The molecular formula is C15H23NO. The Balaban J connectivity index is 2.15. The number of rotatable bonds is 3. The topological polar surface area (TPSA) is 35.2 Å². The van der Waals surface area contributed by atoms with Crippen molar-refractivity contribution in [2.75, 3.05) is 0 Å². The molecule has 0 heterocycles. The van der Waals surface area contributed by atoms with Crippen molar-refractivity contribution in [1.82, 2.24) is 0 Å². The molecule has 17 heavy (non-hydrogen) atoms. The Morgan fingerprint density at radius 3 is 2.76 bits per heavy atom. The van der Waals surface area contributed by atoms with E-state index in [2.05, 4.69) is 45.0 Å². The summed E-state index contributed by atoms with van der Waals surface area (Å²) in [6, 6.07) is 8.48. The first-order valence-electron chi connectivity index (χ1n) is 6.54. The third-order valence-electron chi connectivity index (χ3n) is 3.83. The molecule has 0 saturated heterocycles. The molecule has 0 aromatic heterocycles. The fraction of sp³-hybridized carbons (Fsp3) is 0.600. The number of hydrogen-bond acceptors (Lipinski definition) is 2. The zero-order valence-corrected chi connectivity index (χ0v) is 11.1. The minimum atomic E-state index is -0.0748. The van der Waals surface area contributed by atoms with E-state index in [9.17, 15) is 0 Å². The van der Waals surface area contributed by atoms with Gasteiger partial charge in [-0.3, -0.25) is 0 Å². The van der Waals surface area contributed by atoms with Crippen molar-refractivity contribution in [3.63, 3.8) is 0 Å². The predicted molar refractivity (Wildman–Crippen MR) is 70.9 cm³/mol. The lowest BCUT2D eigenvalue weighted by Crippen LogP contribution is -2.39. The average Bonchev–Trinajstić information content (AvgIpc) is 2.33. The summed E-state index contributed by atoms with van der Waals surface area (Å²) in [6.45, 7) is 6.43. The van der Waals surface area contributed by atoms with Gasteiger partial charge in [0.1, 0.15) is 0 Å². The second kappa shape index (κ2) is 4.79. The maximum Gasteiger partial charge on any atom is 0.0778 e. The van der Waals surface area contributed by atoms with Crippen LogP contribution in [0.25, 0.3) is 0 Å². The van der Waals surface area contributed by atoms with Gasteiger partial charge in [-0.1, -0.05) is 31.2 Å². The molecular weight excluding hydrogens is 210 g/mol. The molecule has 0 amide bonds. The molecule has 1 aliphatic carbocycles. The summed E-state index contributed by atoms with van der Waals surface area (Å²) in [7, 11) is 0. The standard InChI is InChI=1S/C15H23NO/c1-4-15(2,3)17-13-10-9-11-7-5-6-8-12(11)14(13)16/h5-8,13-14H,4,9-10,16H2,1-3H3. The Morgan fingerprint density at radius 1 is 1.35 bits per heavy atom. The molecule has 2 N–H and O–H groups in total. The van der Waals surface area contributed by atoms with Gasteiger partial charge >= 0.3 is 0 Å². The van der Waals surface area contributed by atoms with Crippen molar-refractivity contribution in [3.8, 4) is 0 Å². The van der Waals surface area contributed by atoms with Crippen LogP contribution in [-0.4, -0.2) is 11.7 Å². The van der Waals surface area contributed by atoms with E-state index in [1.807, 2.05) is 0 Å². The quantitative estimate of drug-likeness (QED) is 0.870. The first-order chi connectivity index (χ1) is 8.03. The lowest BCUT2D eigenvalue weighted by atomic mass is 9.85. The van der Waals surface area contributed by atoms with Crippen molar-refractivity contribution in [2.24, 2.45) is 5.73 Å². The van der Waals surface area contributed by atoms with Crippen LogP contribution < -0.4 is 5.73 Å². The Labute approximate surface area is 104 Å². The lowest BCUT2D eigenvalue weighted by molar-refractivity contribution is -0.0888. The van der Waals surface area contributed by atoms with E-state index in [0.717, 1.165) is 19.3 Å². The molecule has 1 aromatic rings. The first kappa shape index (κ1) is 12.6. The van der Waals surface area contributed by atoms with Crippen LogP contribution in [0.4, 0.5) is 0 Å². The predicted octanol–water partition coefficient (Wildman–Crippen LogP) is 3.21. The molecule has 2 rings (SSSR count). The normalized spacial score (nSPS) is 24.5. The summed E-state index contributed by atoms with van der Waals surface area (Å²) < 4.78 is 6.17. The van der Waals surface area contributed by atoms with Gasteiger partial charge in [0.15, 0.2) is 0 Å². The van der Waals surface area contributed by atoms with E-state index in [1.165, 1.54) is 11.1 Å². The largest absolute Gasteiger partial charge is 0.370 e. The highest BCUT2D eigenvalue weighted by Crippen LogP contribution is 2.32. The number of fused-ring (bicyclic) bond motifs is 1. The Kier molecular flexibility index (Phi) is 3.55. The minimum Gasteiger partial charge on any atom is -0.370 e. The van der Waals surface area contributed by atoms with Crippen LogP contribution in [-0.2, 0) is 11.2 Å². The number of benzene rings is 1. The number of aryl methyl sites for hydroxylation is 1. The molecule has 0 bridgehead atoms. The van der Waals surface area contributed by atoms with Crippen molar-refractivity contribution < 1.29 is 4.74 Å². The molecule has 0 spiro atoms. The highest BCUT2D eigenvalue weighted by Gasteiger charge is 2.31. The van der Waals surface area contributed by atoms with Gasteiger partial charge in [-0.25, -0.2) is 0 Å². The van der Waals surface area contributed by atoms with Gasteiger partial charge in [0.05, 0.1) is 17.7 Å². The van der Waals surface area contributed by atoms with Crippen molar-refractivity contribution in [1.29, 1.82) is 0 Å². The zero-order valence-electron chi connectivity index (χ0n) is 11.1. The van der Waals surface area contributed by atoms with E-state index < -0.39 is 0 Å². The van der Waals surface area contributed by atoms with Gasteiger partial charge in [0, 0.05) is 0 Å². The van der Waals surface area contributed by atoms with Crippen LogP contribution in [0.15, 0.2) is 24.3 Å². The van der Waals surface area contributed by atoms with Crippen LogP contribution in [0.3, 0.4) is 0 Å². The van der Waals surface area contributed by atoms with Gasteiger partial charge in [-0.15, -0.1) is 0 Å². The third-order valence-corrected chi connectivity index (χ3v) is 3.83. The van der Waals surface area contributed by atoms with Gasteiger partial charge in [0.2, 0.25) is 0 Å². The molecule has 0 aliphatic heterocycles. The van der Waals surface area contributed by atoms with Crippen LogP contribution in [0.1, 0.15) is 50.8 Å². The second-order valence-electron chi connectivity index (χ2n) is 5.53. The van der Waals surface area contributed by atoms with Crippen molar-refractivity contribution >= 4 is 0 Å². The number of nitrogens with two attached hydrogens (primary N) is 1. The highest BCUT2D eigenvalue weighted by atomic mass is 16.5. The summed E-state index contributed by atoms with van der Waals surface area (Å²) >= 11 is 0. The molecule has 0 saturated carbocycles. The van der Waals surface area contributed by atoms with Crippen LogP contribution in [0.2, 0.25) is 0 Å². The monoisotopic (exact) mass is 233 g/mol. The molecule has 0 fully saturated rings.